The van der Waals surface area contributed by atoms with E-state index in [1.54, 1.807) is 0 Å². The Morgan fingerprint density at radius 1 is 1.36 bits per heavy atom. The van der Waals surface area contributed by atoms with E-state index >= 15 is 0 Å². The molecule has 6 fully saturated rings. The van der Waals surface area contributed by atoms with E-state index < -0.39 is 0 Å². The highest BCUT2D eigenvalue weighted by atomic mass is 79.9. The van der Waals surface area contributed by atoms with Crippen LogP contribution in [0.5, 0.6) is 0 Å². The molecule has 0 heterocycles. The first-order valence-electron chi connectivity index (χ1n) is 5.85. The van der Waals surface area contributed by atoms with E-state index in [2.05, 4.69) is 22.9 Å². The lowest BCUT2D eigenvalue weighted by Crippen LogP contribution is -2.37. The van der Waals surface area contributed by atoms with Gasteiger partial charge in [0.25, 0.3) is 0 Å². The van der Waals surface area contributed by atoms with E-state index in [0.29, 0.717) is 27.9 Å². The fraction of sp³-hybridized carbons (Fsp3) is 0.917. The number of halogens is 1. The maximum atomic E-state index is 12.2. The van der Waals surface area contributed by atoms with Crippen molar-refractivity contribution in [3.63, 3.8) is 0 Å². The zero-order valence-electron chi connectivity index (χ0n) is 8.11. The third-order valence-corrected chi connectivity index (χ3v) is 8.22. The molecule has 0 saturated heterocycles. The van der Waals surface area contributed by atoms with Crippen molar-refractivity contribution in [2.24, 2.45) is 46.8 Å². The summed E-state index contributed by atoms with van der Waals surface area (Å²) in [6.45, 7) is 2.40. The Bertz CT molecular complexity index is 390. The molecule has 74 valence electrons. The summed E-state index contributed by atoms with van der Waals surface area (Å²) in [7, 11) is 0. The van der Waals surface area contributed by atoms with Crippen molar-refractivity contribution in [1.29, 1.82) is 0 Å². The molecule has 0 aromatic rings. The van der Waals surface area contributed by atoms with Crippen LogP contribution in [-0.4, -0.2) is 10.6 Å². The zero-order valence-corrected chi connectivity index (χ0v) is 9.70. The SMILES string of the molecule is C[C@]12[C@@H]3[C@@H]4C[C@H]5[C@H]3C(=O)[C@H]1[C@@H]5[C@H]4[C@H]2Br. The van der Waals surface area contributed by atoms with Crippen LogP contribution in [0, 0.1) is 46.8 Å². The standard InChI is InChI=1S/C12H13BrO/c1-12-8-4-2-3-5(6(4)11(12)13)9(12)10(14)7(3)8/h3-9,11H,2H2,1H3/t3-,4-,5+,6+,7-,8-,9-,11-,12+/m1/s1. The number of carbonyl (C=O) groups excluding carboxylic acids is 1. The molecule has 9 atom stereocenters. The molecule has 0 amide bonds. The molecule has 6 aliphatic carbocycles. The maximum Gasteiger partial charge on any atom is 0.140 e. The van der Waals surface area contributed by atoms with Gasteiger partial charge in [-0.05, 0) is 41.4 Å². The van der Waals surface area contributed by atoms with E-state index in [9.17, 15) is 4.79 Å². The van der Waals surface area contributed by atoms with Crippen LogP contribution in [-0.2, 0) is 4.79 Å². The van der Waals surface area contributed by atoms with Gasteiger partial charge in [-0.15, -0.1) is 0 Å². The molecule has 14 heavy (non-hydrogen) atoms. The largest absolute Gasteiger partial charge is 0.299 e. The lowest BCUT2D eigenvalue weighted by atomic mass is 9.64. The highest BCUT2D eigenvalue weighted by Gasteiger charge is 2.87. The summed E-state index contributed by atoms with van der Waals surface area (Å²) >= 11 is 3.92. The Kier molecular flexibility index (Phi) is 0.883. The minimum atomic E-state index is 0.370. The highest BCUT2D eigenvalue weighted by molar-refractivity contribution is 9.09. The molecule has 0 aromatic carbocycles. The van der Waals surface area contributed by atoms with Crippen molar-refractivity contribution >= 4 is 21.7 Å². The number of rotatable bonds is 0. The first-order chi connectivity index (χ1) is 6.67. The van der Waals surface area contributed by atoms with Gasteiger partial charge in [0.2, 0.25) is 0 Å². The Labute approximate surface area is 91.8 Å². The number of alkyl halides is 1. The van der Waals surface area contributed by atoms with E-state index in [0.717, 1.165) is 29.6 Å². The molecule has 0 radical (unpaired) electrons. The summed E-state index contributed by atoms with van der Waals surface area (Å²) in [6.07, 6.45) is 1.39. The van der Waals surface area contributed by atoms with Gasteiger partial charge in [0.15, 0.2) is 0 Å². The van der Waals surface area contributed by atoms with Crippen LogP contribution in [0.2, 0.25) is 0 Å². The second-order valence-electron chi connectivity index (χ2n) is 6.42. The number of carbonyl (C=O) groups is 1. The van der Waals surface area contributed by atoms with Crippen LogP contribution >= 0.6 is 15.9 Å². The van der Waals surface area contributed by atoms with Gasteiger partial charge in [0.1, 0.15) is 5.78 Å². The first kappa shape index (κ1) is 7.43. The predicted molar refractivity (Wildman–Crippen MR) is 54.9 cm³/mol. The summed E-state index contributed by atoms with van der Waals surface area (Å²) in [5, 5.41) is 0. The third kappa shape index (κ3) is 0.391. The third-order valence-electron chi connectivity index (χ3n) is 6.63. The Hall–Kier alpha value is 0.150. The highest BCUT2D eigenvalue weighted by Crippen LogP contribution is 2.86. The molecule has 2 heteroatoms. The van der Waals surface area contributed by atoms with Crippen LogP contribution in [0.25, 0.3) is 0 Å². The van der Waals surface area contributed by atoms with E-state index in [1.807, 2.05) is 0 Å². The summed E-state index contributed by atoms with van der Waals surface area (Å²) in [6, 6.07) is 0. The van der Waals surface area contributed by atoms with Crippen molar-refractivity contribution in [2.45, 2.75) is 18.2 Å². The fourth-order valence-corrected chi connectivity index (χ4v) is 8.05. The van der Waals surface area contributed by atoms with Gasteiger partial charge >= 0.3 is 0 Å². The van der Waals surface area contributed by atoms with Gasteiger partial charge in [-0.2, -0.15) is 0 Å². The molecule has 0 aliphatic heterocycles. The number of hydrogen-bond donors (Lipinski definition) is 0. The Morgan fingerprint density at radius 3 is 2.86 bits per heavy atom. The minimum Gasteiger partial charge on any atom is -0.299 e. The Morgan fingerprint density at radius 2 is 2.14 bits per heavy atom. The van der Waals surface area contributed by atoms with Crippen molar-refractivity contribution in [3.05, 3.63) is 0 Å². The van der Waals surface area contributed by atoms with Crippen molar-refractivity contribution in [2.75, 3.05) is 0 Å². The molecule has 6 saturated carbocycles. The first-order valence-corrected chi connectivity index (χ1v) is 6.76. The lowest BCUT2D eigenvalue weighted by Gasteiger charge is -2.38. The van der Waals surface area contributed by atoms with Crippen LogP contribution < -0.4 is 0 Å². The lowest BCUT2D eigenvalue weighted by molar-refractivity contribution is -0.122. The van der Waals surface area contributed by atoms with Crippen LogP contribution in [0.3, 0.4) is 0 Å². The number of ketones is 1. The summed E-state index contributed by atoms with van der Waals surface area (Å²) < 4.78 is 0. The van der Waals surface area contributed by atoms with Crippen molar-refractivity contribution in [3.8, 4) is 0 Å². The van der Waals surface area contributed by atoms with Crippen molar-refractivity contribution in [1.82, 2.24) is 0 Å². The quantitative estimate of drug-likeness (QED) is 0.604. The van der Waals surface area contributed by atoms with E-state index in [-0.39, 0.29) is 0 Å². The van der Waals surface area contributed by atoms with Gasteiger partial charge in [0, 0.05) is 16.7 Å². The summed E-state index contributed by atoms with van der Waals surface area (Å²) in [5.41, 5.74) is 0.370. The second-order valence-corrected chi connectivity index (χ2v) is 7.40. The zero-order chi connectivity index (χ0) is 9.40. The van der Waals surface area contributed by atoms with E-state index in [1.165, 1.54) is 6.42 Å². The summed E-state index contributed by atoms with van der Waals surface area (Å²) in [5.74, 6) is 5.85. The van der Waals surface area contributed by atoms with Crippen LogP contribution in [0.15, 0.2) is 0 Å². The molecule has 1 nitrogen and oxygen atoms in total. The molecule has 0 spiro atoms. The smallest absolute Gasteiger partial charge is 0.140 e. The number of hydrogen-bond acceptors (Lipinski definition) is 1. The minimum absolute atomic E-state index is 0.370. The van der Waals surface area contributed by atoms with Gasteiger partial charge in [-0.3, -0.25) is 4.79 Å². The molecule has 0 N–H and O–H groups in total. The predicted octanol–water partition coefficient (Wildman–Crippen LogP) is 2.10. The topological polar surface area (TPSA) is 17.1 Å². The second kappa shape index (κ2) is 1.66. The van der Waals surface area contributed by atoms with Gasteiger partial charge < -0.3 is 0 Å². The molecular formula is C12H13BrO. The average molecular weight is 253 g/mol. The van der Waals surface area contributed by atoms with Crippen molar-refractivity contribution < 1.29 is 4.79 Å². The average Bonchev–Trinajstić information content (AvgIpc) is 2.81. The van der Waals surface area contributed by atoms with Gasteiger partial charge in [-0.25, -0.2) is 0 Å². The molecule has 6 aliphatic rings. The van der Waals surface area contributed by atoms with Crippen LogP contribution in [0.4, 0.5) is 0 Å². The molecular weight excluding hydrogens is 240 g/mol. The Balaban J connectivity index is 1.92. The van der Waals surface area contributed by atoms with Gasteiger partial charge in [0.05, 0.1) is 0 Å². The molecule has 0 aromatic heterocycles. The fourth-order valence-electron chi connectivity index (χ4n) is 6.72. The molecule has 6 rings (SSSR count). The van der Waals surface area contributed by atoms with Gasteiger partial charge in [-0.1, -0.05) is 22.9 Å². The normalized spacial score (nSPS) is 80.3. The molecule has 0 unspecified atom stereocenters. The molecule has 6 bridgehead atoms. The summed E-state index contributed by atoms with van der Waals surface area (Å²) in [4.78, 5) is 12.9. The van der Waals surface area contributed by atoms with E-state index in [4.69, 9.17) is 0 Å². The monoisotopic (exact) mass is 252 g/mol. The number of Topliss-reactive ketones (excluding diaryl/α,β-unsaturated/α-hetero) is 1. The van der Waals surface area contributed by atoms with Crippen LogP contribution in [0.1, 0.15) is 13.3 Å². The maximum absolute atomic E-state index is 12.2.